The molecule has 1 unspecified atom stereocenters. The second-order valence-corrected chi connectivity index (χ2v) is 14.1. The van der Waals surface area contributed by atoms with Gasteiger partial charge in [-0.3, -0.25) is 9.13 Å². The van der Waals surface area contributed by atoms with Crippen LogP contribution in [0.1, 0.15) is 29.8 Å². The van der Waals surface area contributed by atoms with E-state index >= 15 is 0 Å². The predicted octanol–water partition coefficient (Wildman–Crippen LogP) is 2.21. The Kier molecular flexibility index (Phi) is 7.90. The van der Waals surface area contributed by atoms with Gasteiger partial charge in [0.15, 0.2) is 17.8 Å². The molecule has 2 aliphatic rings. The van der Waals surface area contributed by atoms with E-state index in [1.807, 2.05) is 24.1 Å². The van der Waals surface area contributed by atoms with Crippen LogP contribution in [0.4, 0.5) is 5.82 Å². The number of aryl methyl sites for hydroxylation is 1. The van der Waals surface area contributed by atoms with Gasteiger partial charge >= 0.3 is 15.2 Å². The minimum absolute atomic E-state index is 0.0521. The summed E-state index contributed by atoms with van der Waals surface area (Å²) in [5.74, 6) is -0.615. The van der Waals surface area contributed by atoms with Crippen molar-refractivity contribution in [1.82, 2.24) is 19.7 Å². The van der Waals surface area contributed by atoms with Gasteiger partial charge in [0.05, 0.1) is 24.2 Å². The van der Waals surface area contributed by atoms with E-state index in [1.54, 1.807) is 0 Å². The monoisotopic (exact) mass is 603 g/mol. The van der Waals surface area contributed by atoms with Crippen molar-refractivity contribution in [3.63, 3.8) is 0 Å². The van der Waals surface area contributed by atoms with Crippen molar-refractivity contribution < 1.29 is 42.9 Å². The van der Waals surface area contributed by atoms with E-state index in [-0.39, 0.29) is 17.0 Å². The van der Waals surface area contributed by atoms with Crippen LogP contribution < -0.4 is 4.90 Å². The lowest BCUT2D eigenvalue weighted by atomic mass is 10.1. The number of rotatable bonds is 9. The first kappa shape index (κ1) is 28.6. The Morgan fingerprint density at radius 3 is 2.67 bits per heavy atom. The summed E-state index contributed by atoms with van der Waals surface area (Å²) in [6, 6.07) is 8.25. The van der Waals surface area contributed by atoms with Gasteiger partial charge in [-0.25, -0.2) is 4.68 Å². The van der Waals surface area contributed by atoms with Crippen LogP contribution in [0.25, 0.3) is 11.0 Å². The number of benzene rings is 1. The summed E-state index contributed by atoms with van der Waals surface area (Å²) in [4.78, 5) is 29.1. The van der Waals surface area contributed by atoms with E-state index in [4.69, 9.17) is 35.2 Å². The average Bonchev–Trinajstić information content (AvgIpc) is 3.57. The van der Waals surface area contributed by atoms with Crippen molar-refractivity contribution >= 4 is 43.6 Å². The molecule has 1 saturated heterocycles. The fourth-order valence-electron chi connectivity index (χ4n) is 5.06. The number of nitrogens with zero attached hydrogens (tertiary/aromatic N) is 5. The number of hydrogen-bond donors (Lipinski definition) is 4. The molecular weight excluding hydrogens is 576 g/mol. The van der Waals surface area contributed by atoms with E-state index in [9.17, 15) is 19.3 Å². The number of ether oxygens (including phenoxy) is 1. The van der Waals surface area contributed by atoms with Gasteiger partial charge in [-0.05, 0) is 35.6 Å². The average molecular weight is 604 g/mol. The number of aliphatic hydroxyl groups excluding tert-OH is 2. The minimum atomic E-state index is -4.73. The molecule has 0 bridgehead atoms. The van der Waals surface area contributed by atoms with Crippen molar-refractivity contribution in [3.8, 4) is 0 Å². The first-order valence-corrected chi connectivity index (χ1v) is 15.9. The SMILES string of the molecule is COP(=O)(CP(=O)(O)O)OC[C@H]1O[C@@H](n2ncc3c(N(C)[C@@H]4CCc5ccccc54)nc(Cl)nc32)[C@H](O)[C@@H]1O. The first-order valence-electron chi connectivity index (χ1n) is 12.0. The second kappa shape index (κ2) is 10.8. The highest BCUT2D eigenvalue weighted by Crippen LogP contribution is 2.58. The zero-order chi connectivity index (χ0) is 28.1. The summed E-state index contributed by atoms with van der Waals surface area (Å²) in [6.45, 7) is -0.580. The van der Waals surface area contributed by atoms with Crippen molar-refractivity contribution in [2.45, 2.75) is 43.4 Å². The van der Waals surface area contributed by atoms with Gasteiger partial charge in [-0.15, -0.1) is 0 Å². The Labute approximate surface area is 228 Å². The van der Waals surface area contributed by atoms with Crippen LogP contribution in [0.5, 0.6) is 0 Å². The van der Waals surface area contributed by atoms with E-state index in [0.29, 0.717) is 11.2 Å². The maximum atomic E-state index is 12.6. The highest BCUT2D eigenvalue weighted by molar-refractivity contribution is 7.70. The fraction of sp³-hybridized carbons (Fsp3) is 0.500. The summed E-state index contributed by atoms with van der Waals surface area (Å²) in [5.41, 5.74) is 2.72. The molecule has 3 aromatic rings. The van der Waals surface area contributed by atoms with Crippen LogP contribution in [-0.4, -0.2) is 84.7 Å². The molecule has 0 radical (unpaired) electrons. The van der Waals surface area contributed by atoms with Crippen LogP contribution in [-0.2, 0) is 29.3 Å². The first-order chi connectivity index (χ1) is 18.4. The van der Waals surface area contributed by atoms with Crippen LogP contribution in [0.15, 0.2) is 30.5 Å². The lowest BCUT2D eigenvalue weighted by molar-refractivity contribution is -0.0544. The van der Waals surface area contributed by atoms with E-state index in [2.05, 4.69) is 27.2 Å². The molecular formula is C22H28ClN5O9P2. The van der Waals surface area contributed by atoms with Crippen molar-refractivity contribution in [2.75, 3.05) is 31.6 Å². The molecule has 14 nitrogen and oxygen atoms in total. The topological polar surface area (TPSA) is 190 Å². The Hall–Kier alpha value is -1.96. The van der Waals surface area contributed by atoms with Gasteiger partial charge in [0, 0.05) is 14.2 Å². The molecule has 6 atom stereocenters. The smallest absolute Gasteiger partial charge is 0.342 e. The molecule has 4 N–H and O–H groups in total. The van der Waals surface area contributed by atoms with Crippen LogP contribution in [0, 0.1) is 0 Å². The summed E-state index contributed by atoms with van der Waals surface area (Å²) in [5, 5.41) is 26.2. The highest BCUT2D eigenvalue weighted by atomic mass is 35.5. The third-order valence-corrected chi connectivity index (χ3v) is 11.1. The molecule has 17 heteroatoms. The number of aliphatic hydroxyl groups is 2. The van der Waals surface area contributed by atoms with Crippen molar-refractivity contribution in [1.29, 1.82) is 0 Å². The van der Waals surface area contributed by atoms with Crippen molar-refractivity contribution in [3.05, 3.63) is 46.9 Å². The lowest BCUT2D eigenvalue weighted by Crippen LogP contribution is -2.34. The summed E-state index contributed by atoms with van der Waals surface area (Å²) < 4.78 is 40.7. The highest BCUT2D eigenvalue weighted by Gasteiger charge is 2.46. The van der Waals surface area contributed by atoms with Crippen LogP contribution in [0.3, 0.4) is 0 Å². The molecule has 0 amide bonds. The zero-order valence-corrected chi connectivity index (χ0v) is 23.5. The number of aromatic nitrogens is 4. The summed E-state index contributed by atoms with van der Waals surface area (Å²) in [6.07, 6.45) is -2.13. The molecule has 1 aliphatic heterocycles. The molecule has 2 aromatic heterocycles. The Morgan fingerprint density at radius 2 is 1.95 bits per heavy atom. The largest absolute Gasteiger partial charge is 0.387 e. The standard InChI is InChI=1S/C22H28ClN5O9P2/c1-27(15-8-7-12-5-3-4-6-13(12)15)19-14-9-24-28(20(14)26-22(23)25-19)21-18(30)17(29)16(37-21)10-36-39(34,35-2)11-38(31,32)33/h3-6,9,15-18,21,29-30H,7-8,10-11H2,1-2H3,(H2,31,32,33)/t15-,16-,17-,18-,21-,39?/m1/s1. The van der Waals surface area contributed by atoms with Gasteiger partial charge in [0.1, 0.15) is 24.1 Å². The predicted molar refractivity (Wildman–Crippen MR) is 140 cm³/mol. The Balaban J connectivity index is 1.40. The minimum Gasteiger partial charge on any atom is -0.387 e. The van der Waals surface area contributed by atoms with Gasteiger partial charge in [0.25, 0.3) is 0 Å². The maximum Gasteiger partial charge on any atom is 0.342 e. The summed E-state index contributed by atoms with van der Waals surface area (Å²) in [7, 11) is -6.03. The molecule has 3 heterocycles. The molecule has 1 aliphatic carbocycles. The second-order valence-electron chi connectivity index (χ2n) is 9.45. The van der Waals surface area contributed by atoms with Gasteiger partial charge in [-0.2, -0.15) is 15.1 Å². The van der Waals surface area contributed by atoms with E-state index in [0.717, 1.165) is 20.0 Å². The zero-order valence-electron chi connectivity index (χ0n) is 20.9. The van der Waals surface area contributed by atoms with Crippen LogP contribution in [0.2, 0.25) is 5.28 Å². The molecule has 0 spiro atoms. The summed E-state index contributed by atoms with van der Waals surface area (Å²) >= 11 is 6.30. The molecule has 1 aromatic carbocycles. The number of anilines is 1. The maximum absolute atomic E-state index is 12.6. The van der Waals surface area contributed by atoms with Crippen LogP contribution >= 0.6 is 26.8 Å². The molecule has 1 fully saturated rings. The molecule has 212 valence electrons. The van der Waals surface area contributed by atoms with E-state index in [1.165, 1.54) is 22.0 Å². The molecule has 5 rings (SSSR count). The molecule has 0 saturated carbocycles. The molecule has 39 heavy (non-hydrogen) atoms. The third kappa shape index (κ3) is 5.64. The number of hydrogen-bond acceptors (Lipinski definition) is 11. The normalized spacial score (nSPS) is 26.6. The van der Waals surface area contributed by atoms with Gasteiger partial charge in [0.2, 0.25) is 5.28 Å². The Bertz CT molecular complexity index is 1470. The Morgan fingerprint density at radius 1 is 1.21 bits per heavy atom. The van der Waals surface area contributed by atoms with E-state index < -0.39 is 52.2 Å². The van der Waals surface area contributed by atoms with Crippen molar-refractivity contribution in [2.24, 2.45) is 0 Å². The van der Waals surface area contributed by atoms with Gasteiger partial charge < -0.3 is 38.7 Å². The lowest BCUT2D eigenvalue weighted by Gasteiger charge is -2.27. The number of halogens is 1. The fourth-order valence-corrected chi connectivity index (χ4v) is 8.29. The third-order valence-electron chi connectivity index (χ3n) is 6.96. The van der Waals surface area contributed by atoms with Gasteiger partial charge in [-0.1, -0.05) is 24.3 Å². The quantitative estimate of drug-likeness (QED) is 0.206. The number of fused-ring (bicyclic) bond motifs is 2.